The number of nitrogens with zero attached hydrogens (tertiary/aromatic N) is 3. The number of likely N-dealkylation sites (N-methyl/N-ethyl adjacent to an activating group) is 1. The molecule has 25 heavy (non-hydrogen) atoms. The molecule has 1 aromatic carbocycles. The highest BCUT2D eigenvalue weighted by Crippen LogP contribution is 2.22. The number of hydrogen-bond acceptors (Lipinski definition) is 4. The molecule has 0 fully saturated rings. The molecule has 1 aliphatic rings. The quantitative estimate of drug-likeness (QED) is 0.836. The molecule has 0 spiro atoms. The van der Waals surface area contributed by atoms with Crippen molar-refractivity contribution in [1.82, 2.24) is 14.8 Å². The fourth-order valence-corrected chi connectivity index (χ4v) is 2.84. The van der Waals surface area contributed by atoms with E-state index in [1.807, 2.05) is 19.0 Å². The largest absolute Gasteiger partial charge is 0.476 e. The van der Waals surface area contributed by atoms with Crippen LogP contribution in [0.1, 0.15) is 21.5 Å². The van der Waals surface area contributed by atoms with Crippen LogP contribution in [-0.2, 0) is 13.0 Å². The number of halogens is 1. The van der Waals surface area contributed by atoms with Gasteiger partial charge in [-0.3, -0.25) is 4.79 Å². The van der Waals surface area contributed by atoms with Crippen molar-refractivity contribution in [1.29, 1.82) is 0 Å². The number of carbonyl (C=O) groups is 1. The van der Waals surface area contributed by atoms with Gasteiger partial charge in [0.05, 0.1) is 0 Å². The van der Waals surface area contributed by atoms with E-state index in [9.17, 15) is 9.18 Å². The van der Waals surface area contributed by atoms with Gasteiger partial charge in [0.1, 0.15) is 12.4 Å². The molecule has 0 unspecified atom stereocenters. The standard InChI is InChI=1S/C19H22FN3O2/c1-22(2)9-10-25-18-12-15(5-7-21-18)19(24)23-8-6-14-3-4-17(20)11-16(14)13-23/h3-5,7,11-12H,6,8-10,13H2,1-2H3. The molecule has 1 aliphatic heterocycles. The molecule has 0 aliphatic carbocycles. The third kappa shape index (κ3) is 4.33. The lowest BCUT2D eigenvalue weighted by Crippen LogP contribution is -2.36. The summed E-state index contributed by atoms with van der Waals surface area (Å²) in [6, 6.07) is 8.13. The average Bonchev–Trinajstić information content (AvgIpc) is 2.60. The number of pyridine rings is 1. The van der Waals surface area contributed by atoms with Gasteiger partial charge >= 0.3 is 0 Å². The Labute approximate surface area is 147 Å². The first-order valence-corrected chi connectivity index (χ1v) is 8.33. The van der Waals surface area contributed by atoms with Crippen molar-refractivity contribution < 1.29 is 13.9 Å². The summed E-state index contributed by atoms with van der Waals surface area (Å²) in [7, 11) is 3.93. The molecule has 132 valence electrons. The van der Waals surface area contributed by atoms with Crippen LogP contribution < -0.4 is 4.74 Å². The topological polar surface area (TPSA) is 45.7 Å². The molecule has 2 aromatic rings. The summed E-state index contributed by atoms with van der Waals surface area (Å²) >= 11 is 0. The molecule has 0 saturated carbocycles. The Kier molecular flexibility index (Phi) is 5.28. The molecule has 3 rings (SSSR count). The Morgan fingerprint density at radius 2 is 2.12 bits per heavy atom. The number of carbonyl (C=O) groups excluding carboxylic acids is 1. The summed E-state index contributed by atoms with van der Waals surface area (Å²) in [4.78, 5) is 20.7. The van der Waals surface area contributed by atoms with Gasteiger partial charge in [-0.15, -0.1) is 0 Å². The van der Waals surface area contributed by atoms with Crippen molar-refractivity contribution >= 4 is 5.91 Å². The lowest BCUT2D eigenvalue weighted by Gasteiger charge is -2.29. The minimum atomic E-state index is -0.270. The van der Waals surface area contributed by atoms with Gasteiger partial charge in [-0.1, -0.05) is 6.07 Å². The van der Waals surface area contributed by atoms with Gasteiger partial charge in [-0.05, 0) is 49.8 Å². The molecule has 0 radical (unpaired) electrons. The van der Waals surface area contributed by atoms with Gasteiger partial charge in [-0.2, -0.15) is 0 Å². The lowest BCUT2D eigenvalue weighted by molar-refractivity contribution is 0.0733. The number of benzene rings is 1. The summed E-state index contributed by atoms with van der Waals surface area (Å²) in [6.45, 7) is 2.32. The first-order chi connectivity index (χ1) is 12.0. The Balaban J connectivity index is 1.69. The van der Waals surface area contributed by atoms with Crippen LogP contribution in [0.5, 0.6) is 5.88 Å². The van der Waals surface area contributed by atoms with E-state index < -0.39 is 0 Å². The van der Waals surface area contributed by atoms with Crippen LogP contribution in [0.15, 0.2) is 36.5 Å². The normalized spacial score (nSPS) is 13.7. The number of ether oxygens (including phenoxy) is 1. The number of amides is 1. The van der Waals surface area contributed by atoms with Gasteiger partial charge in [-0.25, -0.2) is 9.37 Å². The van der Waals surface area contributed by atoms with E-state index in [2.05, 4.69) is 4.98 Å². The van der Waals surface area contributed by atoms with E-state index in [0.29, 0.717) is 31.1 Å². The lowest BCUT2D eigenvalue weighted by atomic mass is 9.99. The highest BCUT2D eigenvalue weighted by atomic mass is 19.1. The van der Waals surface area contributed by atoms with E-state index >= 15 is 0 Å². The first kappa shape index (κ1) is 17.4. The van der Waals surface area contributed by atoms with Gasteiger partial charge in [0.25, 0.3) is 5.91 Å². The third-order valence-electron chi connectivity index (χ3n) is 4.24. The Bertz CT molecular complexity index is 764. The SMILES string of the molecule is CN(C)CCOc1cc(C(=O)N2CCc3ccc(F)cc3C2)ccn1. The van der Waals surface area contributed by atoms with Crippen LogP contribution >= 0.6 is 0 Å². The van der Waals surface area contributed by atoms with E-state index in [4.69, 9.17) is 4.74 Å². The second-order valence-corrected chi connectivity index (χ2v) is 6.42. The number of hydrogen-bond donors (Lipinski definition) is 0. The van der Waals surface area contributed by atoms with Crippen LogP contribution in [0, 0.1) is 5.82 Å². The third-order valence-corrected chi connectivity index (χ3v) is 4.24. The average molecular weight is 343 g/mol. The number of rotatable bonds is 5. The van der Waals surface area contributed by atoms with E-state index in [0.717, 1.165) is 24.1 Å². The summed E-state index contributed by atoms with van der Waals surface area (Å²) < 4.78 is 19.0. The molecule has 0 N–H and O–H groups in total. The molecular formula is C19H22FN3O2. The van der Waals surface area contributed by atoms with Crippen molar-refractivity contribution in [2.24, 2.45) is 0 Å². The van der Waals surface area contributed by atoms with Crippen LogP contribution in [0.25, 0.3) is 0 Å². The molecule has 0 atom stereocenters. The van der Waals surface area contributed by atoms with Gasteiger partial charge in [0.2, 0.25) is 5.88 Å². The number of aromatic nitrogens is 1. The maximum atomic E-state index is 13.4. The molecule has 0 saturated heterocycles. The molecule has 5 nitrogen and oxygen atoms in total. The monoisotopic (exact) mass is 343 g/mol. The van der Waals surface area contributed by atoms with E-state index in [-0.39, 0.29) is 11.7 Å². The molecule has 1 amide bonds. The van der Waals surface area contributed by atoms with E-state index in [1.165, 1.54) is 12.1 Å². The van der Waals surface area contributed by atoms with Crippen LogP contribution in [0.2, 0.25) is 0 Å². The zero-order valence-corrected chi connectivity index (χ0v) is 14.5. The minimum absolute atomic E-state index is 0.0882. The van der Waals surface area contributed by atoms with Crippen molar-refractivity contribution in [3.8, 4) is 5.88 Å². The minimum Gasteiger partial charge on any atom is -0.476 e. The summed E-state index contributed by atoms with van der Waals surface area (Å²) in [5.41, 5.74) is 2.51. The Morgan fingerprint density at radius 3 is 2.92 bits per heavy atom. The predicted molar refractivity (Wildman–Crippen MR) is 93.1 cm³/mol. The van der Waals surface area contributed by atoms with Crippen LogP contribution in [0.3, 0.4) is 0 Å². The fourth-order valence-electron chi connectivity index (χ4n) is 2.84. The second-order valence-electron chi connectivity index (χ2n) is 6.42. The fraction of sp³-hybridized carbons (Fsp3) is 0.368. The number of fused-ring (bicyclic) bond motifs is 1. The molecule has 6 heteroatoms. The summed E-state index contributed by atoms with van der Waals surface area (Å²) in [5, 5.41) is 0. The van der Waals surface area contributed by atoms with Crippen molar-refractivity contribution in [3.05, 3.63) is 59.0 Å². The molecular weight excluding hydrogens is 321 g/mol. The maximum Gasteiger partial charge on any atom is 0.254 e. The Morgan fingerprint density at radius 1 is 1.28 bits per heavy atom. The summed E-state index contributed by atoms with van der Waals surface area (Å²) in [5.74, 6) is 0.0828. The Hall–Kier alpha value is -2.47. The van der Waals surface area contributed by atoms with Gasteiger partial charge in [0, 0.05) is 37.5 Å². The zero-order valence-electron chi connectivity index (χ0n) is 14.5. The van der Waals surface area contributed by atoms with Gasteiger partial charge < -0.3 is 14.5 Å². The molecule has 1 aromatic heterocycles. The van der Waals surface area contributed by atoms with Crippen molar-refractivity contribution in [2.45, 2.75) is 13.0 Å². The highest BCUT2D eigenvalue weighted by Gasteiger charge is 2.22. The maximum absolute atomic E-state index is 13.4. The van der Waals surface area contributed by atoms with Gasteiger partial charge in [0.15, 0.2) is 0 Å². The predicted octanol–water partition coefficient (Wildman–Crippen LogP) is 2.36. The summed E-state index contributed by atoms with van der Waals surface area (Å²) in [6.07, 6.45) is 2.31. The second kappa shape index (κ2) is 7.61. The first-order valence-electron chi connectivity index (χ1n) is 8.33. The molecule has 2 heterocycles. The zero-order chi connectivity index (χ0) is 17.8. The van der Waals surface area contributed by atoms with Crippen molar-refractivity contribution in [3.63, 3.8) is 0 Å². The van der Waals surface area contributed by atoms with Crippen molar-refractivity contribution in [2.75, 3.05) is 33.8 Å². The molecule has 0 bridgehead atoms. The smallest absolute Gasteiger partial charge is 0.254 e. The van der Waals surface area contributed by atoms with Crippen LogP contribution in [-0.4, -0.2) is 54.5 Å². The van der Waals surface area contributed by atoms with Crippen LogP contribution in [0.4, 0.5) is 4.39 Å². The van der Waals surface area contributed by atoms with E-state index in [1.54, 1.807) is 29.3 Å². The highest BCUT2D eigenvalue weighted by molar-refractivity contribution is 5.94.